The zero-order chi connectivity index (χ0) is 14.2. The van der Waals surface area contributed by atoms with E-state index in [0.717, 1.165) is 12.8 Å². The molecule has 0 amide bonds. The molecule has 0 aromatic rings. The van der Waals surface area contributed by atoms with Crippen LogP contribution in [0.15, 0.2) is 0 Å². The number of hydrogen-bond acceptors (Lipinski definition) is 4. The second kappa shape index (κ2) is 8.11. The van der Waals surface area contributed by atoms with Crippen LogP contribution in [0.4, 0.5) is 0 Å². The molecule has 4 nitrogen and oxygen atoms in total. The minimum absolute atomic E-state index is 0.0781. The standard InChI is InChI=1S/C14H26O4/c1-6-10-11(5)14(7-2,12(15)17-8-3)13(16)18-9-4/h11H,6-10H2,1-5H3. The minimum Gasteiger partial charge on any atom is -0.465 e. The molecule has 1 unspecified atom stereocenters. The number of esters is 2. The van der Waals surface area contributed by atoms with Gasteiger partial charge in [0.1, 0.15) is 0 Å². The van der Waals surface area contributed by atoms with E-state index < -0.39 is 17.4 Å². The summed E-state index contributed by atoms with van der Waals surface area (Å²) in [5, 5.41) is 0. The molecule has 1 atom stereocenters. The fourth-order valence-electron chi connectivity index (χ4n) is 2.32. The highest BCUT2D eigenvalue weighted by Gasteiger charge is 2.51. The molecular formula is C14H26O4. The molecule has 0 aliphatic heterocycles. The molecule has 0 saturated heterocycles. The van der Waals surface area contributed by atoms with Crippen molar-refractivity contribution in [3.05, 3.63) is 0 Å². The van der Waals surface area contributed by atoms with Crippen molar-refractivity contribution in [1.29, 1.82) is 0 Å². The van der Waals surface area contributed by atoms with Crippen LogP contribution in [0.5, 0.6) is 0 Å². The smallest absolute Gasteiger partial charge is 0.323 e. The minimum atomic E-state index is -1.15. The van der Waals surface area contributed by atoms with Crippen molar-refractivity contribution in [2.45, 2.75) is 53.9 Å². The lowest BCUT2D eigenvalue weighted by molar-refractivity contribution is -0.177. The Morgan fingerprint density at radius 3 is 1.72 bits per heavy atom. The van der Waals surface area contributed by atoms with Gasteiger partial charge in [-0.05, 0) is 32.6 Å². The Balaban J connectivity index is 5.31. The van der Waals surface area contributed by atoms with Gasteiger partial charge in [0.15, 0.2) is 5.41 Å². The highest BCUT2D eigenvalue weighted by atomic mass is 16.6. The second-order valence-electron chi connectivity index (χ2n) is 4.46. The van der Waals surface area contributed by atoms with Crippen LogP contribution in [0.1, 0.15) is 53.9 Å². The van der Waals surface area contributed by atoms with Crippen LogP contribution in [0, 0.1) is 11.3 Å². The van der Waals surface area contributed by atoms with E-state index in [2.05, 4.69) is 0 Å². The molecule has 0 fully saturated rings. The first kappa shape index (κ1) is 16.9. The van der Waals surface area contributed by atoms with Crippen molar-refractivity contribution < 1.29 is 19.1 Å². The topological polar surface area (TPSA) is 52.6 Å². The molecular weight excluding hydrogens is 232 g/mol. The second-order valence-corrected chi connectivity index (χ2v) is 4.46. The van der Waals surface area contributed by atoms with E-state index in [9.17, 15) is 9.59 Å². The van der Waals surface area contributed by atoms with Crippen LogP contribution >= 0.6 is 0 Å². The molecule has 0 spiro atoms. The van der Waals surface area contributed by atoms with Gasteiger partial charge in [0.2, 0.25) is 0 Å². The zero-order valence-electron chi connectivity index (χ0n) is 12.2. The number of carbonyl (C=O) groups is 2. The fourth-order valence-corrected chi connectivity index (χ4v) is 2.32. The van der Waals surface area contributed by atoms with Gasteiger partial charge in [0.05, 0.1) is 13.2 Å². The summed E-state index contributed by atoms with van der Waals surface area (Å²) in [5.74, 6) is -0.982. The fraction of sp³-hybridized carbons (Fsp3) is 0.857. The molecule has 0 aliphatic rings. The van der Waals surface area contributed by atoms with Gasteiger partial charge in [-0.25, -0.2) is 0 Å². The van der Waals surface area contributed by atoms with Gasteiger partial charge in [0.25, 0.3) is 0 Å². The van der Waals surface area contributed by atoms with Gasteiger partial charge in [-0.3, -0.25) is 9.59 Å². The predicted octanol–water partition coefficient (Wildman–Crippen LogP) is 2.95. The molecule has 0 heterocycles. The lowest BCUT2D eigenvalue weighted by atomic mass is 9.72. The maximum Gasteiger partial charge on any atom is 0.323 e. The molecule has 0 aliphatic carbocycles. The molecule has 0 saturated carbocycles. The number of carbonyl (C=O) groups excluding carboxylic acids is 2. The van der Waals surface area contributed by atoms with E-state index in [4.69, 9.17) is 9.47 Å². The van der Waals surface area contributed by atoms with Crippen LogP contribution in [-0.2, 0) is 19.1 Å². The summed E-state index contributed by atoms with van der Waals surface area (Å²) in [6, 6.07) is 0. The maximum atomic E-state index is 12.2. The van der Waals surface area contributed by atoms with E-state index >= 15 is 0 Å². The first-order chi connectivity index (χ1) is 8.50. The largest absolute Gasteiger partial charge is 0.465 e. The third kappa shape index (κ3) is 3.47. The van der Waals surface area contributed by atoms with Crippen LogP contribution in [-0.4, -0.2) is 25.2 Å². The summed E-state index contributed by atoms with van der Waals surface area (Å²) in [5.41, 5.74) is -1.15. The van der Waals surface area contributed by atoms with Gasteiger partial charge in [-0.15, -0.1) is 0 Å². The van der Waals surface area contributed by atoms with E-state index in [1.54, 1.807) is 13.8 Å². The van der Waals surface area contributed by atoms with Crippen molar-refractivity contribution >= 4 is 11.9 Å². The Bertz CT molecular complexity index is 255. The van der Waals surface area contributed by atoms with Crippen LogP contribution in [0.25, 0.3) is 0 Å². The zero-order valence-corrected chi connectivity index (χ0v) is 12.2. The monoisotopic (exact) mass is 258 g/mol. The van der Waals surface area contributed by atoms with Crippen LogP contribution in [0.3, 0.4) is 0 Å². The highest BCUT2D eigenvalue weighted by Crippen LogP contribution is 2.37. The Labute approximate surface area is 110 Å². The summed E-state index contributed by atoms with van der Waals surface area (Å²) in [4.78, 5) is 24.4. The summed E-state index contributed by atoms with van der Waals surface area (Å²) < 4.78 is 10.2. The normalized spacial score (nSPS) is 12.9. The van der Waals surface area contributed by atoms with E-state index in [1.807, 2.05) is 20.8 Å². The molecule has 0 aromatic heterocycles. The first-order valence-corrected chi connectivity index (χ1v) is 6.85. The first-order valence-electron chi connectivity index (χ1n) is 6.85. The molecule has 0 rings (SSSR count). The molecule has 4 heteroatoms. The average Bonchev–Trinajstić information content (AvgIpc) is 2.31. The summed E-state index contributed by atoms with van der Waals surface area (Å²) in [6.07, 6.45) is 2.12. The molecule has 106 valence electrons. The van der Waals surface area contributed by atoms with Crippen LogP contribution in [0.2, 0.25) is 0 Å². The van der Waals surface area contributed by atoms with E-state index in [0.29, 0.717) is 6.42 Å². The van der Waals surface area contributed by atoms with Crippen LogP contribution < -0.4 is 0 Å². The number of hydrogen-bond donors (Lipinski definition) is 0. The molecule has 18 heavy (non-hydrogen) atoms. The molecule has 0 radical (unpaired) electrons. The van der Waals surface area contributed by atoms with Gasteiger partial charge >= 0.3 is 11.9 Å². The molecule has 0 bridgehead atoms. The Hall–Kier alpha value is -1.06. The van der Waals surface area contributed by atoms with Crippen molar-refractivity contribution in [3.63, 3.8) is 0 Å². The van der Waals surface area contributed by atoms with Gasteiger partial charge in [0, 0.05) is 0 Å². The number of ether oxygens (including phenoxy) is 2. The van der Waals surface area contributed by atoms with Crippen molar-refractivity contribution in [1.82, 2.24) is 0 Å². The van der Waals surface area contributed by atoms with Crippen molar-refractivity contribution in [3.8, 4) is 0 Å². The van der Waals surface area contributed by atoms with Crippen molar-refractivity contribution in [2.24, 2.45) is 11.3 Å². The number of rotatable bonds is 8. The van der Waals surface area contributed by atoms with E-state index in [1.165, 1.54) is 0 Å². The lowest BCUT2D eigenvalue weighted by Gasteiger charge is -2.33. The quantitative estimate of drug-likeness (QED) is 0.496. The van der Waals surface area contributed by atoms with Gasteiger partial charge in [-0.1, -0.05) is 27.2 Å². The van der Waals surface area contributed by atoms with Gasteiger partial charge in [-0.2, -0.15) is 0 Å². The maximum absolute atomic E-state index is 12.2. The SMILES string of the molecule is CCCC(C)C(CC)(C(=O)OCC)C(=O)OCC. The molecule has 0 aromatic carbocycles. The Morgan fingerprint density at radius 2 is 1.44 bits per heavy atom. The lowest BCUT2D eigenvalue weighted by Crippen LogP contribution is -2.46. The van der Waals surface area contributed by atoms with Gasteiger partial charge < -0.3 is 9.47 Å². The highest BCUT2D eigenvalue weighted by molar-refractivity contribution is 6.00. The summed E-state index contributed by atoms with van der Waals surface area (Å²) >= 11 is 0. The van der Waals surface area contributed by atoms with E-state index in [-0.39, 0.29) is 19.1 Å². The predicted molar refractivity (Wildman–Crippen MR) is 70.1 cm³/mol. The Morgan fingerprint density at radius 1 is 1.00 bits per heavy atom. The third-order valence-corrected chi connectivity index (χ3v) is 3.40. The van der Waals surface area contributed by atoms with Crippen molar-refractivity contribution in [2.75, 3.05) is 13.2 Å². The summed E-state index contributed by atoms with van der Waals surface area (Å²) in [7, 11) is 0. The average molecular weight is 258 g/mol. The summed E-state index contributed by atoms with van der Waals surface area (Å²) in [6.45, 7) is 9.83. The molecule has 0 N–H and O–H groups in total. The Kier molecular flexibility index (Phi) is 7.64. The third-order valence-electron chi connectivity index (χ3n) is 3.40.